The van der Waals surface area contributed by atoms with Crippen LogP contribution in [0.5, 0.6) is 0 Å². The molecule has 1 fully saturated rings. The fourth-order valence-corrected chi connectivity index (χ4v) is 4.93. The highest BCUT2D eigenvalue weighted by molar-refractivity contribution is 7.99. The summed E-state index contributed by atoms with van der Waals surface area (Å²) in [6, 6.07) is 15.7. The molecule has 0 radical (unpaired) electrons. The molecule has 0 aliphatic heterocycles. The molecule has 0 saturated heterocycles. The number of aliphatic carboxylic acids is 1. The number of ether oxygens (including phenoxy) is 1. The van der Waals surface area contributed by atoms with Gasteiger partial charge in [-0.1, -0.05) is 48.5 Å². The molecule has 2 aromatic carbocycles. The molecule has 2 aliphatic carbocycles. The minimum Gasteiger partial charge on any atom is -0.481 e. The number of rotatable bonds is 10. The third-order valence-electron chi connectivity index (χ3n) is 6.07. The van der Waals surface area contributed by atoms with E-state index in [4.69, 9.17) is 9.84 Å². The standard InChI is InChI=1S/C24H24F2N2O5S/c25-24(26)19(21(24)22(31)27-9-10-34-13-20(29)30)11-28-23(32)33-12-18-16-7-3-1-5-14(16)15-6-2-4-8-17(15)18/h1-8,18-19,21H,9-13H2,(H,27,31)(H,28,32)(H,29,30). The number of carboxylic acid groups (broad SMARTS) is 1. The Bertz CT molecular complexity index is 1050. The van der Waals surface area contributed by atoms with E-state index in [1.807, 2.05) is 48.5 Å². The van der Waals surface area contributed by atoms with Crippen molar-refractivity contribution in [3.8, 4) is 11.1 Å². The fraction of sp³-hybridized carbons (Fsp3) is 0.375. The van der Waals surface area contributed by atoms with Gasteiger partial charge in [0.1, 0.15) is 12.5 Å². The molecule has 0 aromatic heterocycles. The number of carbonyl (C=O) groups excluding carboxylic acids is 2. The van der Waals surface area contributed by atoms with Gasteiger partial charge in [-0.25, -0.2) is 13.6 Å². The fourth-order valence-electron chi connectivity index (χ4n) is 4.36. The van der Waals surface area contributed by atoms with Crippen molar-refractivity contribution in [1.82, 2.24) is 10.6 Å². The molecule has 4 rings (SSSR count). The van der Waals surface area contributed by atoms with E-state index in [2.05, 4.69) is 10.6 Å². The summed E-state index contributed by atoms with van der Waals surface area (Å²) in [7, 11) is 0. The molecule has 1 saturated carbocycles. The summed E-state index contributed by atoms with van der Waals surface area (Å²) in [6.45, 7) is -0.218. The second kappa shape index (κ2) is 10.0. The first-order chi connectivity index (χ1) is 16.3. The second-order valence-corrected chi connectivity index (χ2v) is 9.31. The number of amides is 2. The van der Waals surface area contributed by atoms with Crippen LogP contribution >= 0.6 is 11.8 Å². The zero-order valence-electron chi connectivity index (χ0n) is 18.1. The van der Waals surface area contributed by atoms with Crippen LogP contribution in [0.2, 0.25) is 0 Å². The van der Waals surface area contributed by atoms with Gasteiger partial charge in [-0.15, -0.1) is 11.8 Å². The summed E-state index contributed by atoms with van der Waals surface area (Å²) >= 11 is 1.08. The maximum atomic E-state index is 14.1. The maximum absolute atomic E-state index is 14.1. The number of fused-ring (bicyclic) bond motifs is 3. The number of halogens is 2. The molecule has 0 spiro atoms. The predicted molar refractivity (Wildman–Crippen MR) is 123 cm³/mol. The first kappa shape index (κ1) is 24.0. The zero-order chi connectivity index (χ0) is 24.3. The largest absolute Gasteiger partial charge is 0.481 e. The van der Waals surface area contributed by atoms with Gasteiger partial charge in [0, 0.05) is 24.8 Å². The number of hydrogen-bond acceptors (Lipinski definition) is 5. The molecule has 34 heavy (non-hydrogen) atoms. The molecular weight excluding hydrogens is 466 g/mol. The number of carbonyl (C=O) groups is 3. The quantitative estimate of drug-likeness (QED) is 0.442. The molecule has 2 amide bonds. The highest BCUT2D eigenvalue weighted by atomic mass is 32.2. The molecule has 3 N–H and O–H groups in total. The first-order valence-corrected chi connectivity index (χ1v) is 12.0. The Morgan fingerprint density at radius 1 is 1.00 bits per heavy atom. The van der Waals surface area contributed by atoms with Gasteiger partial charge in [0.2, 0.25) is 5.91 Å². The average molecular weight is 491 g/mol. The molecule has 2 atom stereocenters. The van der Waals surface area contributed by atoms with E-state index in [0.717, 1.165) is 34.0 Å². The van der Waals surface area contributed by atoms with Gasteiger partial charge in [0.25, 0.3) is 5.92 Å². The number of benzene rings is 2. The molecule has 2 aromatic rings. The Hall–Kier alpha value is -3.14. The van der Waals surface area contributed by atoms with Gasteiger partial charge in [0.15, 0.2) is 0 Å². The highest BCUT2D eigenvalue weighted by Gasteiger charge is 2.71. The molecular formula is C24H24F2N2O5S. The SMILES string of the molecule is O=C(O)CSCCNC(=O)C1C(CNC(=O)OCC2c3ccccc3-c3ccccc32)C1(F)F. The smallest absolute Gasteiger partial charge is 0.407 e. The van der Waals surface area contributed by atoms with E-state index in [0.29, 0.717) is 5.75 Å². The van der Waals surface area contributed by atoms with Crippen LogP contribution in [0.3, 0.4) is 0 Å². The van der Waals surface area contributed by atoms with Crippen LogP contribution in [0.25, 0.3) is 11.1 Å². The Kier molecular flexibility index (Phi) is 7.06. The lowest BCUT2D eigenvalue weighted by Gasteiger charge is -2.14. The van der Waals surface area contributed by atoms with Crippen molar-refractivity contribution >= 4 is 29.7 Å². The number of carboxylic acids is 1. The summed E-state index contributed by atoms with van der Waals surface area (Å²) in [4.78, 5) is 34.7. The van der Waals surface area contributed by atoms with Crippen molar-refractivity contribution < 1.29 is 33.0 Å². The van der Waals surface area contributed by atoms with Crippen molar-refractivity contribution in [2.75, 3.05) is 31.2 Å². The van der Waals surface area contributed by atoms with Crippen molar-refractivity contribution in [3.05, 3.63) is 59.7 Å². The van der Waals surface area contributed by atoms with E-state index >= 15 is 0 Å². The number of hydrogen-bond donors (Lipinski definition) is 3. The van der Waals surface area contributed by atoms with Crippen molar-refractivity contribution in [2.24, 2.45) is 11.8 Å². The molecule has 0 heterocycles. The Labute approximate surface area is 199 Å². The minimum absolute atomic E-state index is 0.0683. The summed E-state index contributed by atoms with van der Waals surface area (Å²) < 4.78 is 33.5. The zero-order valence-corrected chi connectivity index (χ0v) is 18.9. The molecule has 0 bridgehead atoms. The van der Waals surface area contributed by atoms with Crippen LogP contribution < -0.4 is 10.6 Å². The summed E-state index contributed by atoms with van der Waals surface area (Å²) in [6.07, 6.45) is -0.811. The predicted octanol–water partition coefficient (Wildman–Crippen LogP) is 3.34. The topological polar surface area (TPSA) is 105 Å². The summed E-state index contributed by atoms with van der Waals surface area (Å²) in [5, 5.41) is 13.3. The van der Waals surface area contributed by atoms with Crippen LogP contribution in [-0.2, 0) is 14.3 Å². The van der Waals surface area contributed by atoms with Crippen molar-refractivity contribution in [1.29, 1.82) is 0 Å². The lowest BCUT2D eigenvalue weighted by Crippen LogP contribution is -2.31. The number of alkyl carbamates (subject to hydrolysis) is 1. The Morgan fingerprint density at radius 2 is 1.62 bits per heavy atom. The lowest BCUT2D eigenvalue weighted by atomic mass is 9.98. The molecule has 2 aliphatic rings. The van der Waals surface area contributed by atoms with E-state index in [9.17, 15) is 23.2 Å². The minimum atomic E-state index is -3.21. The van der Waals surface area contributed by atoms with E-state index in [1.165, 1.54) is 0 Å². The molecule has 10 heteroatoms. The van der Waals surface area contributed by atoms with Crippen LogP contribution in [-0.4, -0.2) is 60.2 Å². The van der Waals surface area contributed by atoms with Gasteiger partial charge in [-0.05, 0) is 22.3 Å². The lowest BCUT2D eigenvalue weighted by molar-refractivity contribution is -0.134. The van der Waals surface area contributed by atoms with E-state index in [1.54, 1.807) is 0 Å². The monoisotopic (exact) mass is 490 g/mol. The number of nitrogens with one attached hydrogen (secondary N) is 2. The van der Waals surface area contributed by atoms with Gasteiger partial charge < -0.3 is 20.5 Å². The van der Waals surface area contributed by atoms with Gasteiger partial charge >= 0.3 is 12.1 Å². The van der Waals surface area contributed by atoms with Crippen molar-refractivity contribution in [3.63, 3.8) is 0 Å². The second-order valence-electron chi connectivity index (χ2n) is 8.20. The van der Waals surface area contributed by atoms with Gasteiger partial charge in [-0.3, -0.25) is 9.59 Å². The van der Waals surface area contributed by atoms with Gasteiger partial charge in [0.05, 0.1) is 11.7 Å². The van der Waals surface area contributed by atoms with Crippen LogP contribution in [0.4, 0.5) is 13.6 Å². The Balaban J connectivity index is 1.24. The third kappa shape index (κ3) is 5.01. The van der Waals surface area contributed by atoms with Crippen LogP contribution in [0.1, 0.15) is 17.0 Å². The summed E-state index contributed by atoms with van der Waals surface area (Å²) in [5.41, 5.74) is 4.26. The normalized spacial score (nSPS) is 19.6. The van der Waals surface area contributed by atoms with E-state index < -0.39 is 35.7 Å². The van der Waals surface area contributed by atoms with Crippen LogP contribution in [0.15, 0.2) is 48.5 Å². The Morgan fingerprint density at radius 3 is 2.24 bits per heavy atom. The number of alkyl halides is 2. The molecule has 7 nitrogen and oxygen atoms in total. The first-order valence-electron chi connectivity index (χ1n) is 10.8. The van der Waals surface area contributed by atoms with Crippen LogP contribution in [0, 0.1) is 11.8 Å². The average Bonchev–Trinajstić information content (AvgIpc) is 3.22. The number of thioether (sulfide) groups is 1. The van der Waals surface area contributed by atoms with E-state index in [-0.39, 0.29) is 31.4 Å². The maximum Gasteiger partial charge on any atom is 0.407 e. The van der Waals surface area contributed by atoms with Crippen molar-refractivity contribution in [2.45, 2.75) is 11.8 Å². The molecule has 180 valence electrons. The molecule has 2 unspecified atom stereocenters. The van der Waals surface area contributed by atoms with Gasteiger partial charge in [-0.2, -0.15) is 0 Å². The third-order valence-corrected chi connectivity index (χ3v) is 7.01. The summed E-state index contributed by atoms with van der Waals surface area (Å²) in [5.74, 6) is -7.79. The highest BCUT2D eigenvalue weighted by Crippen LogP contribution is 2.55.